The number of ether oxygens (including phenoxy) is 2. The fourth-order valence-corrected chi connectivity index (χ4v) is 5.00. The van der Waals surface area contributed by atoms with Crippen molar-refractivity contribution >= 4 is 22.6 Å². The topological polar surface area (TPSA) is 110 Å². The van der Waals surface area contributed by atoms with Crippen LogP contribution in [0.1, 0.15) is 25.7 Å². The molecular formula is C14H20Na2O7S. The van der Waals surface area contributed by atoms with Crippen LogP contribution < -0.4 is 59.1 Å². The van der Waals surface area contributed by atoms with Crippen LogP contribution in [0.25, 0.3) is 0 Å². The third kappa shape index (κ3) is 6.23. The minimum absolute atomic E-state index is 0. The fourth-order valence-electron chi connectivity index (χ4n) is 3.81. The van der Waals surface area contributed by atoms with Gasteiger partial charge in [-0.25, -0.2) is 8.42 Å². The van der Waals surface area contributed by atoms with Gasteiger partial charge in [0.05, 0.1) is 29.8 Å². The van der Waals surface area contributed by atoms with Crippen LogP contribution in [-0.2, 0) is 29.2 Å². The van der Waals surface area contributed by atoms with Gasteiger partial charge in [0.2, 0.25) is 0 Å². The molecule has 0 heterocycles. The maximum absolute atomic E-state index is 11.8. The molecule has 7 nitrogen and oxygen atoms in total. The van der Waals surface area contributed by atoms with Crippen LogP contribution >= 0.6 is 0 Å². The van der Waals surface area contributed by atoms with Crippen molar-refractivity contribution in [3.63, 3.8) is 0 Å². The van der Waals surface area contributed by atoms with Gasteiger partial charge < -0.3 is 20.4 Å². The quantitative estimate of drug-likeness (QED) is 0.154. The van der Waals surface area contributed by atoms with Crippen molar-refractivity contribution in [2.24, 2.45) is 23.7 Å². The molecule has 0 aromatic heterocycles. The largest absolute Gasteiger partial charge is 1.00 e. The van der Waals surface area contributed by atoms with E-state index in [-0.39, 0.29) is 89.9 Å². The smallest absolute Gasteiger partial charge is 0.748 e. The van der Waals surface area contributed by atoms with E-state index in [1.165, 1.54) is 7.11 Å². The van der Waals surface area contributed by atoms with Gasteiger partial charge in [0.15, 0.2) is 0 Å². The van der Waals surface area contributed by atoms with Gasteiger partial charge in [0, 0.05) is 5.25 Å². The first kappa shape index (κ1) is 24.8. The molecule has 0 aromatic rings. The maximum atomic E-state index is 11.8. The van der Waals surface area contributed by atoms with Gasteiger partial charge in [-0.05, 0) is 25.2 Å². The van der Waals surface area contributed by atoms with Gasteiger partial charge in [0.1, 0.15) is 0 Å². The zero-order valence-corrected chi connectivity index (χ0v) is 19.2. The standard InChI is InChI=1S/C14H21O7S.2Na/c1-20-14(16)11-5-10-4-9(7-21-8-15)2-3-12(10)13(6-11)22(17,18)19;;/h3,8-13H,2,4-7H2,1H3,(H,17,18,19);;/q-1;2*+1/p-1. The molecule has 2 rings (SSSR count). The van der Waals surface area contributed by atoms with Gasteiger partial charge in [-0.15, -0.1) is 5.92 Å². The summed E-state index contributed by atoms with van der Waals surface area (Å²) in [5.41, 5.74) is 0. The molecular weight excluding hydrogens is 358 g/mol. The molecule has 0 amide bonds. The summed E-state index contributed by atoms with van der Waals surface area (Å²) in [6.45, 7) is 0.649. The minimum Gasteiger partial charge on any atom is -0.748 e. The molecule has 24 heavy (non-hydrogen) atoms. The number of rotatable bonds is 5. The van der Waals surface area contributed by atoms with E-state index in [2.05, 4.69) is 0 Å². The molecule has 0 spiro atoms. The Balaban J connectivity index is 0.00000264. The van der Waals surface area contributed by atoms with E-state index in [1.54, 1.807) is 0 Å². The average Bonchev–Trinajstić information content (AvgIpc) is 2.49. The van der Waals surface area contributed by atoms with E-state index in [9.17, 15) is 22.6 Å². The molecule has 2 saturated carbocycles. The molecule has 10 heteroatoms. The molecule has 0 bridgehead atoms. The van der Waals surface area contributed by atoms with Gasteiger partial charge in [-0.3, -0.25) is 9.59 Å². The van der Waals surface area contributed by atoms with Crippen molar-refractivity contribution < 1.29 is 91.1 Å². The summed E-state index contributed by atoms with van der Waals surface area (Å²) in [5, 5.41) is -1.08. The van der Waals surface area contributed by atoms with Gasteiger partial charge in [-0.1, -0.05) is 5.92 Å². The molecule has 0 saturated heterocycles. The summed E-state index contributed by atoms with van der Waals surface area (Å²) >= 11 is 0. The second kappa shape index (κ2) is 10.9. The molecule has 2 aliphatic rings. The summed E-state index contributed by atoms with van der Waals surface area (Å²) < 4.78 is 44.1. The van der Waals surface area contributed by atoms with Crippen molar-refractivity contribution in [3.05, 3.63) is 6.42 Å². The van der Waals surface area contributed by atoms with Crippen LogP contribution in [-0.4, -0.2) is 44.4 Å². The van der Waals surface area contributed by atoms with E-state index in [0.717, 1.165) is 0 Å². The van der Waals surface area contributed by atoms with Crippen LogP contribution in [0.5, 0.6) is 0 Å². The Hall–Kier alpha value is 0.850. The van der Waals surface area contributed by atoms with Crippen LogP contribution in [0.4, 0.5) is 0 Å². The molecule has 0 aromatic carbocycles. The van der Waals surface area contributed by atoms with Crippen molar-refractivity contribution in [1.82, 2.24) is 0 Å². The van der Waals surface area contributed by atoms with E-state index >= 15 is 0 Å². The SMILES string of the molecule is COC(=O)C1CC2CC(COC=O)C[CH-]C2C(S(=O)(=O)[O-])C1.[Na+].[Na+]. The first-order valence-electron chi connectivity index (χ1n) is 7.28. The third-order valence-electron chi connectivity index (χ3n) is 4.76. The molecule has 126 valence electrons. The monoisotopic (exact) mass is 378 g/mol. The van der Waals surface area contributed by atoms with Crippen molar-refractivity contribution in [3.8, 4) is 0 Å². The van der Waals surface area contributed by atoms with Crippen molar-refractivity contribution in [1.29, 1.82) is 0 Å². The summed E-state index contributed by atoms with van der Waals surface area (Å²) in [4.78, 5) is 22.0. The Labute approximate surface area is 186 Å². The summed E-state index contributed by atoms with van der Waals surface area (Å²) in [7, 11) is -3.23. The Morgan fingerprint density at radius 2 is 1.96 bits per heavy atom. The summed E-state index contributed by atoms with van der Waals surface area (Å²) in [6, 6.07) is 0. The minimum atomic E-state index is -4.48. The van der Waals surface area contributed by atoms with E-state index in [0.29, 0.717) is 25.7 Å². The van der Waals surface area contributed by atoms with E-state index in [4.69, 9.17) is 9.47 Å². The molecule has 0 radical (unpaired) electrons. The predicted molar refractivity (Wildman–Crippen MR) is 74.2 cm³/mol. The average molecular weight is 378 g/mol. The van der Waals surface area contributed by atoms with Crippen molar-refractivity contribution in [2.75, 3.05) is 13.7 Å². The number of fused-ring (bicyclic) bond motifs is 1. The van der Waals surface area contributed by atoms with Crippen LogP contribution in [0.3, 0.4) is 0 Å². The summed E-state index contributed by atoms with van der Waals surface area (Å²) in [6.07, 6.45) is 3.60. The van der Waals surface area contributed by atoms with Gasteiger partial charge >= 0.3 is 65.1 Å². The molecule has 0 N–H and O–H groups in total. The van der Waals surface area contributed by atoms with Gasteiger partial charge in [0.25, 0.3) is 6.47 Å². The maximum Gasteiger partial charge on any atom is 1.00 e. The first-order valence-corrected chi connectivity index (χ1v) is 8.75. The Bertz CT molecular complexity index is 525. The number of carbonyl (C=O) groups is 2. The number of methoxy groups -OCH3 is 1. The van der Waals surface area contributed by atoms with Crippen LogP contribution in [0.2, 0.25) is 0 Å². The third-order valence-corrected chi connectivity index (χ3v) is 6.01. The number of esters is 1. The van der Waals surface area contributed by atoms with Crippen LogP contribution in [0, 0.1) is 30.1 Å². The second-order valence-electron chi connectivity index (χ2n) is 6.06. The predicted octanol–water partition coefficient (Wildman–Crippen LogP) is -5.49. The molecule has 5 unspecified atom stereocenters. The number of hydrogen-bond donors (Lipinski definition) is 0. The Morgan fingerprint density at radius 3 is 2.50 bits per heavy atom. The Kier molecular flexibility index (Phi) is 11.3. The molecule has 0 aliphatic heterocycles. The first-order chi connectivity index (χ1) is 10.4. The molecule has 2 fully saturated rings. The second-order valence-corrected chi connectivity index (χ2v) is 7.65. The van der Waals surface area contributed by atoms with Crippen molar-refractivity contribution in [2.45, 2.75) is 30.9 Å². The number of carbonyl (C=O) groups excluding carboxylic acids is 2. The van der Waals surface area contributed by atoms with Crippen LogP contribution in [0.15, 0.2) is 0 Å². The normalized spacial score (nSPS) is 32.3. The fraction of sp³-hybridized carbons (Fsp3) is 0.786. The molecule has 5 atom stereocenters. The number of hydrogen-bond acceptors (Lipinski definition) is 7. The van der Waals surface area contributed by atoms with Gasteiger partial charge in [-0.2, -0.15) is 6.42 Å². The molecule has 2 aliphatic carbocycles. The zero-order valence-electron chi connectivity index (χ0n) is 14.3. The Morgan fingerprint density at radius 1 is 1.29 bits per heavy atom. The van der Waals surface area contributed by atoms with E-state index in [1.807, 2.05) is 6.42 Å². The summed E-state index contributed by atoms with van der Waals surface area (Å²) in [5.74, 6) is -1.37. The van der Waals surface area contributed by atoms with E-state index < -0.39 is 27.3 Å². The zero-order chi connectivity index (χ0) is 16.3.